The minimum absolute atomic E-state index is 0.00672. The van der Waals surface area contributed by atoms with Gasteiger partial charge in [-0.15, -0.1) is 0 Å². The molecule has 1 fully saturated rings. The second kappa shape index (κ2) is 6.39. The summed E-state index contributed by atoms with van der Waals surface area (Å²) in [6.07, 6.45) is 1.93. The van der Waals surface area contributed by atoms with Crippen molar-refractivity contribution in [2.24, 2.45) is 7.05 Å². The van der Waals surface area contributed by atoms with E-state index in [1.165, 1.54) is 29.0 Å². The van der Waals surface area contributed by atoms with Gasteiger partial charge in [0.15, 0.2) is 0 Å². The van der Waals surface area contributed by atoms with Crippen LogP contribution >= 0.6 is 0 Å². The Labute approximate surface area is 142 Å². The van der Waals surface area contributed by atoms with E-state index in [0.29, 0.717) is 17.7 Å². The van der Waals surface area contributed by atoms with Crippen LogP contribution in [0.2, 0.25) is 0 Å². The Kier molecular flexibility index (Phi) is 4.26. The van der Waals surface area contributed by atoms with Crippen LogP contribution in [0.3, 0.4) is 0 Å². The number of imide groups is 1. The first-order valence-electron chi connectivity index (χ1n) is 7.78. The van der Waals surface area contributed by atoms with Gasteiger partial charge in [0.25, 0.3) is 11.5 Å². The number of amides is 3. The summed E-state index contributed by atoms with van der Waals surface area (Å²) in [6, 6.07) is 5.29. The van der Waals surface area contributed by atoms with Gasteiger partial charge in [0.05, 0.1) is 12.1 Å². The molecule has 2 aromatic rings. The van der Waals surface area contributed by atoms with E-state index < -0.39 is 17.8 Å². The summed E-state index contributed by atoms with van der Waals surface area (Å²) in [5.74, 6) is -1.09. The van der Waals surface area contributed by atoms with Crippen LogP contribution in [0.1, 0.15) is 23.7 Å². The topological polar surface area (TPSA) is 87.2 Å². The highest BCUT2D eigenvalue weighted by molar-refractivity contribution is 6.13. The first-order chi connectivity index (χ1) is 11.9. The van der Waals surface area contributed by atoms with Crippen LogP contribution in [0, 0.1) is 5.82 Å². The molecule has 0 atom stereocenters. The van der Waals surface area contributed by atoms with E-state index in [2.05, 4.69) is 10.4 Å². The number of aromatic amines is 1. The van der Waals surface area contributed by atoms with Crippen LogP contribution in [0.4, 0.5) is 9.18 Å². The number of carbonyl (C=O) groups is 2. The lowest BCUT2D eigenvalue weighted by Crippen LogP contribution is -2.30. The summed E-state index contributed by atoms with van der Waals surface area (Å²) in [7, 11) is 1.57. The van der Waals surface area contributed by atoms with Crippen LogP contribution in [0.25, 0.3) is 6.08 Å². The molecule has 0 spiro atoms. The van der Waals surface area contributed by atoms with E-state index in [4.69, 9.17) is 0 Å². The van der Waals surface area contributed by atoms with Gasteiger partial charge in [-0.3, -0.25) is 24.3 Å². The highest BCUT2D eigenvalue weighted by Crippen LogP contribution is 2.18. The minimum Gasteiger partial charge on any atom is -0.303 e. The van der Waals surface area contributed by atoms with Gasteiger partial charge in [-0.1, -0.05) is 25.1 Å². The van der Waals surface area contributed by atoms with E-state index in [9.17, 15) is 18.8 Å². The predicted octanol–water partition coefficient (Wildman–Crippen LogP) is 1.51. The Morgan fingerprint density at radius 2 is 1.92 bits per heavy atom. The van der Waals surface area contributed by atoms with E-state index in [1.54, 1.807) is 13.1 Å². The Morgan fingerprint density at radius 1 is 1.20 bits per heavy atom. The normalized spacial score (nSPS) is 16.0. The van der Waals surface area contributed by atoms with Crippen molar-refractivity contribution in [1.29, 1.82) is 0 Å². The molecule has 7 nitrogen and oxygen atoms in total. The first kappa shape index (κ1) is 16.7. The van der Waals surface area contributed by atoms with Crippen molar-refractivity contribution in [3.8, 4) is 0 Å². The number of carbonyl (C=O) groups excluding carboxylic acids is 2. The third kappa shape index (κ3) is 2.98. The number of hydrogen-bond acceptors (Lipinski definition) is 3. The van der Waals surface area contributed by atoms with Crippen molar-refractivity contribution >= 4 is 18.0 Å². The molecule has 1 aromatic heterocycles. The number of benzene rings is 1. The molecular weight excluding hydrogens is 327 g/mol. The molecule has 0 saturated carbocycles. The van der Waals surface area contributed by atoms with Gasteiger partial charge in [-0.2, -0.15) is 0 Å². The highest BCUT2D eigenvalue weighted by atomic mass is 19.1. The van der Waals surface area contributed by atoms with E-state index in [-0.39, 0.29) is 23.4 Å². The summed E-state index contributed by atoms with van der Waals surface area (Å²) in [5.41, 5.74) is 0.918. The molecular formula is C17H17FN4O3. The predicted molar refractivity (Wildman–Crippen MR) is 88.9 cm³/mol. The fraction of sp³-hybridized carbons (Fsp3) is 0.235. The van der Waals surface area contributed by atoms with Crippen molar-refractivity contribution in [2.75, 3.05) is 0 Å². The van der Waals surface area contributed by atoms with E-state index >= 15 is 0 Å². The summed E-state index contributed by atoms with van der Waals surface area (Å²) in [6.45, 7) is 1.69. The van der Waals surface area contributed by atoms with Gasteiger partial charge in [0.1, 0.15) is 11.5 Å². The maximum absolute atomic E-state index is 13.8. The lowest BCUT2D eigenvalue weighted by Gasteiger charge is -2.12. The molecule has 0 unspecified atom stereocenters. The molecule has 1 aromatic carbocycles. The van der Waals surface area contributed by atoms with Gasteiger partial charge in [-0.25, -0.2) is 9.18 Å². The molecule has 3 rings (SSSR count). The SMILES string of the molecule is CCc1[nH]n(C)c(=O)c1/C=C1\NC(=O)N(Cc2ccccc2F)C1=O. The zero-order valence-corrected chi connectivity index (χ0v) is 13.8. The molecule has 2 heterocycles. The van der Waals surface area contributed by atoms with Crippen molar-refractivity contribution in [3.05, 3.63) is 63.0 Å². The molecule has 1 aliphatic heterocycles. The monoisotopic (exact) mass is 344 g/mol. The van der Waals surface area contributed by atoms with Crippen LogP contribution in [0.15, 0.2) is 34.8 Å². The number of rotatable bonds is 4. The molecule has 3 amide bonds. The standard InChI is InChI=1S/C17H17FN4O3/c1-3-13-11(15(23)21(2)20-13)8-14-16(24)22(17(25)19-14)9-10-6-4-5-7-12(10)18/h4-8,20H,3,9H2,1-2H3,(H,19,25)/b14-8-. The number of H-pyrrole nitrogens is 1. The average Bonchev–Trinajstić information content (AvgIpc) is 3.01. The third-order valence-corrected chi connectivity index (χ3v) is 4.05. The zero-order chi connectivity index (χ0) is 18.1. The Morgan fingerprint density at radius 3 is 2.60 bits per heavy atom. The second-order valence-corrected chi connectivity index (χ2v) is 5.69. The Hall–Kier alpha value is -3.16. The quantitative estimate of drug-likeness (QED) is 0.651. The maximum Gasteiger partial charge on any atom is 0.329 e. The number of nitrogens with zero attached hydrogens (tertiary/aromatic N) is 2. The van der Waals surface area contributed by atoms with Crippen molar-refractivity contribution in [1.82, 2.24) is 20.0 Å². The number of halogens is 1. The summed E-state index contributed by atoms with van der Waals surface area (Å²) < 4.78 is 15.1. The van der Waals surface area contributed by atoms with E-state index in [0.717, 1.165) is 4.90 Å². The molecule has 1 aliphatic rings. The number of aromatic nitrogens is 2. The molecule has 2 N–H and O–H groups in total. The fourth-order valence-electron chi connectivity index (χ4n) is 2.70. The van der Waals surface area contributed by atoms with Crippen molar-refractivity contribution in [2.45, 2.75) is 19.9 Å². The molecule has 130 valence electrons. The molecule has 0 bridgehead atoms. The van der Waals surface area contributed by atoms with Gasteiger partial charge < -0.3 is 5.32 Å². The second-order valence-electron chi connectivity index (χ2n) is 5.69. The van der Waals surface area contributed by atoms with Crippen LogP contribution in [-0.2, 0) is 24.8 Å². The highest BCUT2D eigenvalue weighted by Gasteiger charge is 2.34. The Bertz CT molecular complexity index is 942. The number of aryl methyl sites for hydroxylation is 2. The van der Waals surface area contributed by atoms with Gasteiger partial charge in [-0.05, 0) is 18.6 Å². The molecule has 25 heavy (non-hydrogen) atoms. The lowest BCUT2D eigenvalue weighted by molar-refractivity contribution is -0.123. The van der Waals surface area contributed by atoms with Gasteiger partial charge in [0, 0.05) is 18.3 Å². The van der Waals surface area contributed by atoms with Crippen LogP contribution in [-0.4, -0.2) is 26.6 Å². The lowest BCUT2D eigenvalue weighted by atomic mass is 10.1. The summed E-state index contributed by atoms with van der Waals surface area (Å²) in [4.78, 5) is 37.6. The third-order valence-electron chi connectivity index (χ3n) is 4.05. The van der Waals surface area contributed by atoms with Gasteiger partial charge >= 0.3 is 6.03 Å². The first-order valence-corrected chi connectivity index (χ1v) is 7.78. The molecule has 8 heteroatoms. The molecule has 0 radical (unpaired) electrons. The average molecular weight is 344 g/mol. The largest absolute Gasteiger partial charge is 0.329 e. The zero-order valence-electron chi connectivity index (χ0n) is 13.8. The maximum atomic E-state index is 13.8. The molecule has 0 aliphatic carbocycles. The smallest absolute Gasteiger partial charge is 0.303 e. The molecule has 1 saturated heterocycles. The summed E-state index contributed by atoms with van der Waals surface area (Å²) in [5, 5.41) is 5.34. The number of nitrogens with one attached hydrogen (secondary N) is 2. The fourth-order valence-corrected chi connectivity index (χ4v) is 2.70. The summed E-state index contributed by atoms with van der Waals surface area (Å²) >= 11 is 0. The number of urea groups is 1. The Balaban J connectivity index is 1.92. The van der Waals surface area contributed by atoms with E-state index in [1.807, 2.05) is 6.92 Å². The van der Waals surface area contributed by atoms with Crippen LogP contribution < -0.4 is 10.9 Å². The number of hydrogen-bond donors (Lipinski definition) is 2. The van der Waals surface area contributed by atoms with Crippen LogP contribution in [0.5, 0.6) is 0 Å². The minimum atomic E-state index is -0.648. The van der Waals surface area contributed by atoms with Crippen molar-refractivity contribution in [3.63, 3.8) is 0 Å². The van der Waals surface area contributed by atoms with Gasteiger partial charge in [0.2, 0.25) is 0 Å². The van der Waals surface area contributed by atoms with Crippen molar-refractivity contribution < 1.29 is 14.0 Å².